The molecule has 28 heavy (non-hydrogen) atoms. The summed E-state index contributed by atoms with van der Waals surface area (Å²) in [6, 6.07) is 12.6. The van der Waals surface area contributed by atoms with Crippen molar-refractivity contribution in [2.75, 3.05) is 0 Å². The second-order valence-corrected chi connectivity index (χ2v) is 6.38. The molecule has 0 saturated heterocycles. The van der Waals surface area contributed by atoms with Crippen molar-refractivity contribution in [1.82, 2.24) is 0 Å². The molecule has 3 heterocycles. The van der Waals surface area contributed by atoms with E-state index in [-0.39, 0.29) is 33.8 Å². The van der Waals surface area contributed by atoms with Crippen LogP contribution in [0.25, 0.3) is 22.3 Å². The van der Waals surface area contributed by atoms with E-state index in [1.54, 1.807) is 30.3 Å². The quantitative estimate of drug-likeness (QED) is 0.496. The topological polar surface area (TPSA) is 106 Å². The number of fused-ring (bicyclic) bond motifs is 3. The van der Waals surface area contributed by atoms with Crippen molar-refractivity contribution >= 4 is 28.3 Å². The molecule has 0 spiro atoms. The van der Waals surface area contributed by atoms with E-state index in [1.165, 1.54) is 24.3 Å². The van der Waals surface area contributed by atoms with Crippen molar-refractivity contribution in [3.05, 3.63) is 81.7 Å². The Labute approximate surface area is 157 Å². The Morgan fingerprint density at radius 3 is 2.57 bits per heavy atom. The van der Waals surface area contributed by atoms with Crippen LogP contribution >= 0.6 is 0 Å². The number of aliphatic hydroxyl groups is 1. The van der Waals surface area contributed by atoms with Crippen molar-refractivity contribution in [2.24, 2.45) is 0 Å². The van der Waals surface area contributed by atoms with Gasteiger partial charge >= 0.3 is 11.6 Å². The minimum absolute atomic E-state index is 0.0131. The van der Waals surface area contributed by atoms with E-state index in [9.17, 15) is 19.8 Å². The minimum atomic E-state index is -1.10. The molecule has 1 unspecified atom stereocenters. The summed E-state index contributed by atoms with van der Waals surface area (Å²) in [5.41, 5.74) is 0.0532. The van der Waals surface area contributed by atoms with Gasteiger partial charge in [-0.3, -0.25) is 0 Å². The monoisotopic (exact) mass is 376 g/mol. The lowest BCUT2D eigenvalue weighted by Crippen LogP contribution is -2.34. The van der Waals surface area contributed by atoms with Gasteiger partial charge in [0.05, 0.1) is 22.3 Å². The van der Waals surface area contributed by atoms with Crippen LogP contribution in [-0.2, 0) is 9.53 Å². The number of phenols is 1. The number of ether oxygens (including phenoxy) is 2. The Hall–Kier alpha value is -4.00. The van der Waals surface area contributed by atoms with Crippen LogP contribution in [0, 0.1) is 0 Å². The molecule has 0 amide bonds. The number of para-hydroxylation sites is 1. The highest BCUT2D eigenvalue weighted by Crippen LogP contribution is 2.39. The van der Waals surface area contributed by atoms with E-state index < -0.39 is 17.9 Å². The first kappa shape index (κ1) is 16.2. The van der Waals surface area contributed by atoms with Crippen LogP contribution in [0.4, 0.5) is 0 Å². The fourth-order valence-electron chi connectivity index (χ4n) is 3.29. The molecule has 0 saturated carbocycles. The summed E-state index contributed by atoms with van der Waals surface area (Å²) in [5.74, 6) is -0.516. The van der Waals surface area contributed by atoms with Crippen molar-refractivity contribution in [1.29, 1.82) is 0 Å². The first-order valence-electron chi connectivity index (χ1n) is 8.40. The fourth-order valence-corrected chi connectivity index (χ4v) is 3.29. The van der Waals surface area contributed by atoms with Crippen LogP contribution in [0.15, 0.2) is 69.4 Å². The molecule has 7 nitrogen and oxygen atoms in total. The summed E-state index contributed by atoms with van der Waals surface area (Å²) in [7, 11) is 0. The van der Waals surface area contributed by atoms with Gasteiger partial charge < -0.3 is 24.1 Å². The normalized spacial score (nSPS) is 18.1. The highest BCUT2D eigenvalue weighted by atomic mass is 16.7. The number of carbonyl (C=O) groups excluding carboxylic acids is 1. The number of aliphatic hydroxyl groups excluding tert-OH is 1. The Morgan fingerprint density at radius 2 is 1.71 bits per heavy atom. The zero-order valence-electron chi connectivity index (χ0n) is 14.2. The number of hydrogen-bond donors (Lipinski definition) is 2. The molecule has 2 aliphatic rings. The van der Waals surface area contributed by atoms with Gasteiger partial charge in [-0.25, -0.2) is 9.59 Å². The summed E-state index contributed by atoms with van der Waals surface area (Å²) in [5, 5.41) is 20.7. The third-order valence-corrected chi connectivity index (χ3v) is 4.65. The second kappa shape index (κ2) is 5.75. The maximum Gasteiger partial charge on any atom is 0.344 e. The molecule has 0 bridgehead atoms. The SMILES string of the molecule is O=C1OC2Oc3ccccc3C(O)=C2C=C1c1cc2ccc(O)cc2oc1=O. The van der Waals surface area contributed by atoms with Crippen molar-refractivity contribution in [2.45, 2.75) is 6.29 Å². The van der Waals surface area contributed by atoms with E-state index in [2.05, 4.69) is 0 Å². The van der Waals surface area contributed by atoms with Gasteiger partial charge in [0.15, 0.2) is 0 Å². The molecule has 7 heteroatoms. The zero-order valence-corrected chi connectivity index (χ0v) is 14.2. The number of carbonyl (C=O) groups is 1. The van der Waals surface area contributed by atoms with E-state index in [0.717, 1.165) is 0 Å². The molecule has 0 radical (unpaired) electrons. The molecule has 0 aliphatic carbocycles. The first-order valence-corrected chi connectivity index (χ1v) is 8.40. The van der Waals surface area contributed by atoms with E-state index in [4.69, 9.17) is 13.9 Å². The summed E-state index contributed by atoms with van der Waals surface area (Å²) >= 11 is 0. The maximum absolute atomic E-state index is 12.5. The molecular weight excluding hydrogens is 364 g/mol. The summed E-state index contributed by atoms with van der Waals surface area (Å²) in [6.07, 6.45) is 0.274. The van der Waals surface area contributed by atoms with Crippen molar-refractivity contribution in [3.8, 4) is 11.5 Å². The number of rotatable bonds is 1. The van der Waals surface area contributed by atoms with Gasteiger partial charge in [0, 0.05) is 11.5 Å². The molecule has 2 aromatic carbocycles. The molecule has 2 N–H and O–H groups in total. The van der Waals surface area contributed by atoms with Gasteiger partial charge in [0.1, 0.15) is 22.8 Å². The molecule has 1 aromatic heterocycles. The summed E-state index contributed by atoms with van der Waals surface area (Å²) in [6.45, 7) is 0. The van der Waals surface area contributed by atoms with Crippen molar-refractivity contribution < 1.29 is 28.9 Å². The van der Waals surface area contributed by atoms with E-state index >= 15 is 0 Å². The minimum Gasteiger partial charge on any atom is -0.508 e. The molecule has 2 aliphatic heterocycles. The van der Waals surface area contributed by atoms with Crippen LogP contribution in [0.1, 0.15) is 11.1 Å². The molecule has 5 rings (SSSR count). The van der Waals surface area contributed by atoms with Crippen LogP contribution in [0.2, 0.25) is 0 Å². The lowest BCUT2D eigenvalue weighted by atomic mass is 9.96. The second-order valence-electron chi connectivity index (χ2n) is 6.38. The van der Waals surface area contributed by atoms with Crippen LogP contribution in [0.5, 0.6) is 11.5 Å². The van der Waals surface area contributed by atoms with Gasteiger partial charge in [-0.15, -0.1) is 0 Å². The van der Waals surface area contributed by atoms with Gasteiger partial charge in [0.25, 0.3) is 6.29 Å². The zero-order chi connectivity index (χ0) is 19.4. The van der Waals surface area contributed by atoms with E-state index in [0.29, 0.717) is 16.7 Å². The highest BCUT2D eigenvalue weighted by molar-refractivity contribution is 6.18. The fraction of sp³-hybridized carbons (Fsp3) is 0.0476. The lowest BCUT2D eigenvalue weighted by molar-refractivity contribution is -0.152. The average molecular weight is 376 g/mol. The first-order chi connectivity index (χ1) is 13.5. The number of phenolic OH excluding ortho intramolecular Hbond substituents is 1. The van der Waals surface area contributed by atoms with Gasteiger partial charge in [0.2, 0.25) is 0 Å². The third-order valence-electron chi connectivity index (χ3n) is 4.65. The van der Waals surface area contributed by atoms with Gasteiger partial charge in [-0.2, -0.15) is 0 Å². The van der Waals surface area contributed by atoms with E-state index in [1.807, 2.05) is 0 Å². The number of benzene rings is 2. The molecule has 0 fully saturated rings. The number of hydrogen-bond acceptors (Lipinski definition) is 7. The summed E-state index contributed by atoms with van der Waals surface area (Å²) in [4.78, 5) is 24.9. The molecule has 1 atom stereocenters. The predicted molar refractivity (Wildman–Crippen MR) is 98.6 cm³/mol. The molecule has 3 aromatic rings. The maximum atomic E-state index is 12.5. The van der Waals surface area contributed by atoms with Crippen LogP contribution in [0.3, 0.4) is 0 Å². The Morgan fingerprint density at radius 1 is 0.893 bits per heavy atom. The van der Waals surface area contributed by atoms with Crippen molar-refractivity contribution in [3.63, 3.8) is 0 Å². The van der Waals surface area contributed by atoms with Crippen LogP contribution < -0.4 is 10.4 Å². The number of aromatic hydroxyl groups is 1. The molecule has 138 valence electrons. The standard InChI is InChI=1S/C21H12O7/c22-11-6-5-10-7-13(19(24)26-17(10)8-11)14-9-15-18(23)12-3-1-2-4-16(12)27-21(15)28-20(14)25/h1-9,21-23H. The summed E-state index contributed by atoms with van der Waals surface area (Å²) < 4.78 is 16.2. The third kappa shape index (κ3) is 2.37. The molecular formula is C21H12O7. The predicted octanol–water partition coefficient (Wildman–Crippen LogP) is 3.13. The lowest BCUT2D eigenvalue weighted by Gasteiger charge is -2.30. The smallest absolute Gasteiger partial charge is 0.344 e. The highest BCUT2D eigenvalue weighted by Gasteiger charge is 2.36. The van der Waals surface area contributed by atoms with Gasteiger partial charge in [-0.05, 0) is 36.4 Å². The Bertz CT molecular complexity index is 1280. The Balaban J connectivity index is 1.70. The number of esters is 1. The van der Waals surface area contributed by atoms with Gasteiger partial charge in [-0.1, -0.05) is 12.1 Å². The van der Waals surface area contributed by atoms with Crippen LogP contribution in [-0.4, -0.2) is 22.5 Å². The largest absolute Gasteiger partial charge is 0.508 e. The average Bonchev–Trinajstić information content (AvgIpc) is 2.67. The Kier molecular flexibility index (Phi) is 3.33.